The Balaban J connectivity index is 1.59. The van der Waals surface area contributed by atoms with Gasteiger partial charge in [-0.05, 0) is 29.8 Å². The van der Waals surface area contributed by atoms with E-state index in [1.165, 1.54) is 10.8 Å². The lowest BCUT2D eigenvalue weighted by Crippen LogP contribution is -2.30. The number of aromatic amines is 1. The van der Waals surface area contributed by atoms with E-state index in [9.17, 15) is 14.4 Å². The monoisotopic (exact) mass is 504 g/mol. The van der Waals surface area contributed by atoms with Gasteiger partial charge in [0, 0.05) is 10.6 Å². The molecular weight excluding hydrogens is 487 g/mol. The van der Waals surface area contributed by atoms with E-state index < -0.39 is 17.5 Å². The predicted octanol–water partition coefficient (Wildman–Crippen LogP) is 5.23. The van der Waals surface area contributed by atoms with Crippen LogP contribution in [0.15, 0.2) is 89.4 Å². The van der Waals surface area contributed by atoms with E-state index in [2.05, 4.69) is 10.4 Å². The number of benzene rings is 3. The number of halogens is 2. The van der Waals surface area contributed by atoms with Crippen molar-refractivity contribution in [1.29, 1.82) is 0 Å². The number of H-pyrrole nitrogens is 1. The summed E-state index contributed by atoms with van der Waals surface area (Å²) in [4.78, 5) is 40.3. The van der Waals surface area contributed by atoms with Gasteiger partial charge in [0.05, 0.1) is 28.5 Å². The smallest absolute Gasteiger partial charge is 0.303 e. The summed E-state index contributed by atoms with van der Waals surface area (Å²) < 4.78 is 1.32. The van der Waals surface area contributed by atoms with Crippen LogP contribution in [0.3, 0.4) is 0 Å². The molecule has 1 saturated heterocycles. The molecule has 0 spiro atoms. The van der Waals surface area contributed by atoms with E-state index in [-0.39, 0.29) is 17.8 Å². The quantitative estimate of drug-likeness (QED) is 0.288. The molecule has 9 heteroatoms. The predicted molar refractivity (Wildman–Crippen MR) is 135 cm³/mol. The average molecular weight is 505 g/mol. The van der Waals surface area contributed by atoms with Gasteiger partial charge in [-0.1, -0.05) is 83.9 Å². The Hall–Kier alpha value is -4.07. The first kappa shape index (κ1) is 22.7. The second kappa shape index (κ2) is 9.29. The number of nitrogens with one attached hydrogen (secondary N) is 2. The van der Waals surface area contributed by atoms with Gasteiger partial charge in [0.2, 0.25) is 0 Å². The van der Waals surface area contributed by atoms with Gasteiger partial charge >= 0.3 is 6.03 Å². The van der Waals surface area contributed by atoms with Gasteiger partial charge < -0.3 is 5.32 Å². The van der Waals surface area contributed by atoms with Crippen LogP contribution in [0.25, 0.3) is 23.0 Å². The molecule has 3 amide bonds. The van der Waals surface area contributed by atoms with Crippen LogP contribution in [0.4, 0.5) is 4.79 Å². The lowest BCUT2D eigenvalue weighted by Gasteiger charge is -2.12. The maximum absolute atomic E-state index is 13.5. The second-order valence-corrected chi connectivity index (χ2v) is 8.64. The summed E-state index contributed by atoms with van der Waals surface area (Å²) in [6.07, 6.45) is 1.39. The van der Waals surface area contributed by atoms with Gasteiger partial charge in [-0.2, -0.15) is 0 Å². The van der Waals surface area contributed by atoms with Crippen LogP contribution in [-0.2, 0) is 11.3 Å². The number of rotatable bonds is 5. The molecule has 0 bridgehead atoms. The van der Waals surface area contributed by atoms with Crippen molar-refractivity contribution in [3.8, 4) is 16.9 Å². The highest BCUT2D eigenvalue weighted by atomic mass is 35.5. The van der Waals surface area contributed by atoms with E-state index in [0.717, 1.165) is 10.5 Å². The molecule has 1 aliphatic rings. The third kappa shape index (κ3) is 4.27. The molecule has 2 N–H and O–H groups in total. The molecule has 0 atom stereocenters. The number of aromatic nitrogens is 2. The van der Waals surface area contributed by atoms with E-state index >= 15 is 0 Å². The van der Waals surface area contributed by atoms with Gasteiger partial charge in [-0.3, -0.25) is 19.6 Å². The Morgan fingerprint density at radius 2 is 1.46 bits per heavy atom. The minimum absolute atomic E-state index is 0.00418. The summed E-state index contributed by atoms with van der Waals surface area (Å²) in [5.41, 5.74) is 2.08. The number of imide groups is 1. The Labute approximate surface area is 210 Å². The normalized spacial score (nSPS) is 14.6. The molecule has 0 saturated carbocycles. The molecule has 174 valence electrons. The highest BCUT2D eigenvalue weighted by molar-refractivity contribution is 6.32. The third-order valence-corrected chi connectivity index (χ3v) is 6.31. The number of nitrogens with zero attached hydrogens (tertiary/aromatic N) is 2. The summed E-state index contributed by atoms with van der Waals surface area (Å²) in [5.74, 6) is -0.557. The fraction of sp³-hybridized carbons (Fsp3) is 0.0385. The molecule has 2 heterocycles. The zero-order valence-electron chi connectivity index (χ0n) is 18.2. The van der Waals surface area contributed by atoms with E-state index in [4.69, 9.17) is 23.2 Å². The number of urea groups is 1. The van der Waals surface area contributed by atoms with Crippen LogP contribution >= 0.6 is 23.2 Å². The largest absolute Gasteiger partial charge is 0.329 e. The van der Waals surface area contributed by atoms with E-state index in [1.807, 2.05) is 30.3 Å². The van der Waals surface area contributed by atoms with Crippen molar-refractivity contribution in [2.75, 3.05) is 0 Å². The van der Waals surface area contributed by atoms with Crippen molar-refractivity contribution in [1.82, 2.24) is 20.0 Å². The van der Waals surface area contributed by atoms with Crippen molar-refractivity contribution in [2.45, 2.75) is 6.54 Å². The van der Waals surface area contributed by atoms with E-state index in [0.29, 0.717) is 27.0 Å². The molecular formula is C26H18Cl2N4O3. The lowest BCUT2D eigenvalue weighted by atomic mass is 10.1. The standard InChI is InChI=1S/C26H18Cl2N4O3/c27-19-11-5-4-10-17(19)15-31-25(34)21(29-26(31)35)14-18-23(16-8-2-1-3-9-16)30-32(24(18)33)22-13-7-6-12-20(22)28/h1-14,30H,15H2,(H,29,35). The summed E-state index contributed by atoms with van der Waals surface area (Å²) >= 11 is 12.5. The molecule has 1 fully saturated rings. The van der Waals surface area contributed by atoms with Gasteiger partial charge in [-0.25, -0.2) is 9.48 Å². The number of hydrogen-bond acceptors (Lipinski definition) is 3. The average Bonchev–Trinajstić information content (AvgIpc) is 3.32. The Morgan fingerprint density at radius 3 is 2.17 bits per heavy atom. The zero-order valence-corrected chi connectivity index (χ0v) is 19.7. The van der Waals surface area contributed by atoms with Crippen molar-refractivity contribution >= 4 is 41.2 Å². The number of amides is 3. The second-order valence-electron chi connectivity index (χ2n) is 7.83. The zero-order chi connectivity index (χ0) is 24.5. The van der Waals surface area contributed by atoms with Crippen molar-refractivity contribution in [3.63, 3.8) is 0 Å². The summed E-state index contributed by atoms with van der Waals surface area (Å²) in [7, 11) is 0. The maximum Gasteiger partial charge on any atom is 0.329 e. The van der Waals surface area contributed by atoms with Crippen LogP contribution in [0.5, 0.6) is 0 Å². The number of carbonyl (C=O) groups is 2. The first-order valence-electron chi connectivity index (χ1n) is 10.7. The fourth-order valence-corrected chi connectivity index (χ4v) is 4.28. The summed E-state index contributed by atoms with van der Waals surface area (Å²) in [5, 5.41) is 6.51. The lowest BCUT2D eigenvalue weighted by molar-refractivity contribution is -0.123. The summed E-state index contributed by atoms with van der Waals surface area (Å²) in [6.45, 7) is 0.00418. The van der Waals surface area contributed by atoms with Crippen LogP contribution in [0.1, 0.15) is 11.1 Å². The first-order valence-corrected chi connectivity index (χ1v) is 11.4. The molecule has 1 aromatic heterocycles. The molecule has 0 unspecified atom stereocenters. The topological polar surface area (TPSA) is 87.2 Å². The van der Waals surface area contributed by atoms with Crippen LogP contribution in [-0.4, -0.2) is 26.6 Å². The Bertz CT molecular complexity index is 1540. The van der Waals surface area contributed by atoms with Gasteiger partial charge in [0.15, 0.2) is 0 Å². The molecule has 5 rings (SSSR count). The Morgan fingerprint density at radius 1 is 0.800 bits per heavy atom. The highest BCUT2D eigenvalue weighted by Gasteiger charge is 2.34. The molecule has 4 aromatic rings. The van der Waals surface area contributed by atoms with Gasteiger partial charge in [-0.15, -0.1) is 0 Å². The number of hydrogen-bond donors (Lipinski definition) is 2. The minimum Gasteiger partial charge on any atom is -0.303 e. The van der Waals surface area contributed by atoms with Crippen LogP contribution in [0.2, 0.25) is 10.0 Å². The van der Waals surface area contributed by atoms with E-state index in [1.54, 1.807) is 48.5 Å². The molecule has 1 aliphatic heterocycles. The van der Waals surface area contributed by atoms with Crippen LogP contribution in [0, 0.1) is 0 Å². The number of carbonyl (C=O) groups excluding carboxylic acids is 2. The third-order valence-electron chi connectivity index (χ3n) is 5.62. The molecule has 0 aliphatic carbocycles. The first-order chi connectivity index (χ1) is 16.9. The van der Waals surface area contributed by atoms with Crippen molar-refractivity contribution in [2.24, 2.45) is 0 Å². The van der Waals surface area contributed by atoms with Crippen molar-refractivity contribution < 1.29 is 9.59 Å². The van der Waals surface area contributed by atoms with Gasteiger partial charge in [0.1, 0.15) is 5.70 Å². The highest BCUT2D eigenvalue weighted by Crippen LogP contribution is 2.26. The molecule has 7 nitrogen and oxygen atoms in total. The SMILES string of the molecule is O=C1NC(=Cc2c(-c3ccccc3)[nH]n(-c3ccccc3Cl)c2=O)C(=O)N1Cc1ccccc1Cl. The Kier molecular flexibility index (Phi) is 6.03. The molecule has 0 radical (unpaired) electrons. The molecule has 3 aromatic carbocycles. The van der Waals surface area contributed by atoms with Gasteiger partial charge in [0.25, 0.3) is 11.5 Å². The molecule has 35 heavy (non-hydrogen) atoms. The minimum atomic E-state index is -0.593. The summed E-state index contributed by atoms with van der Waals surface area (Å²) in [6, 6.07) is 22.5. The van der Waals surface area contributed by atoms with Crippen LogP contribution < -0.4 is 10.9 Å². The number of para-hydroxylation sites is 1. The fourth-order valence-electron chi connectivity index (χ4n) is 3.87. The maximum atomic E-state index is 13.5. The van der Waals surface area contributed by atoms with Crippen molar-refractivity contribution in [3.05, 3.63) is 116 Å².